The lowest BCUT2D eigenvalue weighted by Crippen LogP contribution is -2.30. The van der Waals surface area contributed by atoms with E-state index in [9.17, 15) is 13.2 Å². The van der Waals surface area contributed by atoms with Crippen molar-refractivity contribution in [1.29, 1.82) is 0 Å². The molecule has 0 saturated carbocycles. The summed E-state index contributed by atoms with van der Waals surface area (Å²) in [4.78, 5) is 10.8. The third kappa shape index (κ3) is 8.00. The summed E-state index contributed by atoms with van der Waals surface area (Å²) in [6.45, 7) is 0.513. The first kappa shape index (κ1) is 11.9. The maximum atomic E-state index is 10.8. The molecule has 12 heavy (non-hydrogen) atoms. The second-order valence-corrected chi connectivity index (χ2v) is 5.40. The summed E-state index contributed by atoms with van der Waals surface area (Å²) in [5, 5.41) is 3.29. The van der Waals surface area contributed by atoms with E-state index in [0.717, 1.165) is 18.0 Å². The van der Waals surface area contributed by atoms with Crippen LogP contribution in [0.3, 0.4) is 0 Å². The summed E-state index contributed by atoms with van der Waals surface area (Å²) in [5.41, 5.74) is 0. The maximum Gasteiger partial charge on any atom is 0.235 e. The van der Waals surface area contributed by atoms with Crippen LogP contribution in [-0.4, -0.2) is 38.2 Å². The Morgan fingerprint density at radius 3 is 2.50 bits per heavy atom. The number of carbonyl (C=O) groups excluding carboxylic acids is 1. The zero-order chi connectivity index (χ0) is 9.61. The second kappa shape index (κ2) is 5.53. The lowest BCUT2D eigenvalue weighted by atomic mass is 10.5. The first-order valence-corrected chi connectivity index (χ1v) is 6.64. The number of halogens is 1. The summed E-state index contributed by atoms with van der Waals surface area (Å²) in [6, 6.07) is 0. The van der Waals surface area contributed by atoms with E-state index in [0.29, 0.717) is 6.54 Å². The summed E-state index contributed by atoms with van der Waals surface area (Å²) in [5.74, 6) is -0.853. The molecule has 72 valence electrons. The van der Waals surface area contributed by atoms with Gasteiger partial charge in [-0.05, 0) is 6.42 Å². The Bertz CT molecular complexity index is 237. The normalized spacial score (nSPS) is 11.2. The van der Waals surface area contributed by atoms with Crippen LogP contribution in [-0.2, 0) is 14.6 Å². The van der Waals surface area contributed by atoms with Crippen molar-refractivity contribution in [3.05, 3.63) is 0 Å². The summed E-state index contributed by atoms with van der Waals surface area (Å²) in [7, 11) is -3.18. The first-order chi connectivity index (χ1) is 5.45. The Hall–Kier alpha value is -0.100. The summed E-state index contributed by atoms with van der Waals surface area (Å²) >= 11 is 3.19. The minimum absolute atomic E-state index is 0.421. The van der Waals surface area contributed by atoms with Gasteiger partial charge in [-0.1, -0.05) is 15.9 Å². The number of hydrogen-bond acceptors (Lipinski definition) is 3. The van der Waals surface area contributed by atoms with Gasteiger partial charge in [-0.15, -0.1) is 0 Å². The number of sulfone groups is 1. The number of hydrogen-bond donors (Lipinski definition) is 1. The monoisotopic (exact) mass is 257 g/mol. The molecule has 0 spiro atoms. The quantitative estimate of drug-likeness (QED) is 0.554. The number of amides is 1. The highest BCUT2D eigenvalue weighted by molar-refractivity contribution is 9.09. The number of nitrogens with one attached hydrogen (secondary N) is 1. The van der Waals surface area contributed by atoms with Gasteiger partial charge in [0.25, 0.3) is 0 Å². The third-order valence-corrected chi connectivity index (χ3v) is 2.37. The Balaban J connectivity index is 3.62. The molecule has 1 N–H and O–H groups in total. The highest BCUT2D eigenvalue weighted by Crippen LogP contribution is 1.86. The van der Waals surface area contributed by atoms with Crippen LogP contribution < -0.4 is 5.32 Å². The van der Waals surface area contributed by atoms with Gasteiger partial charge in [0.1, 0.15) is 5.75 Å². The highest BCUT2D eigenvalue weighted by atomic mass is 79.9. The van der Waals surface area contributed by atoms with Gasteiger partial charge < -0.3 is 5.32 Å². The van der Waals surface area contributed by atoms with Crippen LogP contribution in [0.4, 0.5) is 0 Å². The topological polar surface area (TPSA) is 63.2 Å². The molecular formula is C6H12BrNO3S. The van der Waals surface area contributed by atoms with Gasteiger partial charge in [0.2, 0.25) is 5.91 Å². The molecule has 0 aliphatic heterocycles. The predicted molar refractivity (Wildman–Crippen MR) is 51.1 cm³/mol. The van der Waals surface area contributed by atoms with E-state index < -0.39 is 21.5 Å². The molecule has 0 aromatic rings. The zero-order valence-corrected chi connectivity index (χ0v) is 9.24. The average molecular weight is 258 g/mol. The zero-order valence-electron chi connectivity index (χ0n) is 6.84. The van der Waals surface area contributed by atoms with Crippen LogP contribution in [0.2, 0.25) is 0 Å². The molecule has 0 fully saturated rings. The van der Waals surface area contributed by atoms with E-state index >= 15 is 0 Å². The molecule has 6 heteroatoms. The average Bonchev–Trinajstić information content (AvgIpc) is 1.84. The molecule has 0 aromatic carbocycles. The van der Waals surface area contributed by atoms with E-state index in [1.54, 1.807) is 0 Å². The SMILES string of the molecule is CS(=O)(=O)CC(=O)NCCCBr. The van der Waals surface area contributed by atoms with Crippen molar-refractivity contribution in [2.24, 2.45) is 0 Å². The molecule has 0 aromatic heterocycles. The van der Waals surface area contributed by atoms with Crippen molar-refractivity contribution >= 4 is 31.7 Å². The van der Waals surface area contributed by atoms with Crippen LogP contribution in [0.15, 0.2) is 0 Å². The second-order valence-electron chi connectivity index (χ2n) is 2.46. The van der Waals surface area contributed by atoms with Crippen LogP contribution >= 0.6 is 15.9 Å². The molecule has 0 aliphatic rings. The van der Waals surface area contributed by atoms with Gasteiger partial charge in [0.05, 0.1) is 0 Å². The van der Waals surface area contributed by atoms with Crippen molar-refractivity contribution in [2.75, 3.05) is 23.9 Å². The Labute approximate surface area is 80.8 Å². The molecule has 0 unspecified atom stereocenters. The number of rotatable bonds is 5. The molecule has 1 amide bonds. The van der Waals surface area contributed by atoms with E-state index in [1.165, 1.54) is 0 Å². The minimum Gasteiger partial charge on any atom is -0.355 e. The van der Waals surface area contributed by atoms with Crippen LogP contribution in [0, 0.1) is 0 Å². The van der Waals surface area contributed by atoms with E-state index in [4.69, 9.17) is 0 Å². The van der Waals surface area contributed by atoms with Crippen LogP contribution in [0.1, 0.15) is 6.42 Å². The Kier molecular flexibility index (Phi) is 5.48. The molecule has 0 saturated heterocycles. The highest BCUT2D eigenvalue weighted by Gasteiger charge is 2.09. The fourth-order valence-electron chi connectivity index (χ4n) is 0.584. The molecule has 0 atom stereocenters. The molecule has 0 radical (unpaired) electrons. The van der Waals surface area contributed by atoms with Gasteiger partial charge >= 0.3 is 0 Å². The minimum atomic E-state index is -3.18. The fraction of sp³-hybridized carbons (Fsp3) is 0.833. The molecule has 0 heterocycles. The van der Waals surface area contributed by atoms with E-state index in [-0.39, 0.29) is 0 Å². The molecule has 0 rings (SSSR count). The van der Waals surface area contributed by atoms with Gasteiger partial charge in [-0.25, -0.2) is 8.42 Å². The number of alkyl halides is 1. The van der Waals surface area contributed by atoms with Gasteiger partial charge in [-0.3, -0.25) is 4.79 Å². The lowest BCUT2D eigenvalue weighted by Gasteiger charge is -2.01. The van der Waals surface area contributed by atoms with Gasteiger partial charge in [-0.2, -0.15) is 0 Å². The lowest BCUT2D eigenvalue weighted by molar-refractivity contribution is -0.118. The van der Waals surface area contributed by atoms with Crippen molar-refractivity contribution in [2.45, 2.75) is 6.42 Å². The van der Waals surface area contributed by atoms with Crippen LogP contribution in [0.25, 0.3) is 0 Å². The van der Waals surface area contributed by atoms with Gasteiger partial charge in [0.15, 0.2) is 9.84 Å². The Morgan fingerprint density at radius 1 is 1.50 bits per heavy atom. The predicted octanol–water partition coefficient (Wildman–Crippen LogP) is -0.0678. The first-order valence-electron chi connectivity index (χ1n) is 3.46. The molecule has 0 aliphatic carbocycles. The molecule has 4 nitrogen and oxygen atoms in total. The maximum absolute atomic E-state index is 10.8. The van der Waals surface area contributed by atoms with E-state index in [1.807, 2.05) is 0 Å². The van der Waals surface area contributed by atoms with Crippen LogP contribution in [0.5, 0.6) is 0 Å². The summed E-state index contributed by atoms with van der Waals surface area (Å²) in [6.07, 6.45) is 1.84. The largest absolute Gasteiger partial charge is 0.355 e. The summed E-state index contributed by atoms with van der Waals surface area (Å²) < 4.78 is 21.2. The van der Waals surface area contributed by atoms with Gasteiger partial charge in [0, 0.05) is 18.1 Å². The van der Waals surface area contributed by atoms with E-state index in [2.05, 4.69) is 21.2 Å². The molecule has 0 bridgehead atoms. The Morgan fingerprint density at radius 2 is 2.08 bits per heavy atom. The smallest absolute Gasteiger partial charge is 0.235 e. The molecular weight excluding hydrogens is 246 g/mol. The van der Waals surface area contributed by atoms with Crippen molar-refractivity contribution in [3.8, 4) is 0 Å². The fourth-order valence-corrected chi connectivity index (χ4v) is 1.44. The number of carbonyl (C=O) groups is 1. The standard InChI is InChI=1S/C6H12BrNO3S/c1-12(10,11)5-6(9)8-4-2-3-7/h2-5H2,1H3,(H,8,9). The van der Waals surface area contributed by atoms with Crippen molar-refractivity contribution in [3.63, 3.8) is 0 Å². The van der Waals surface area contributed by atoms with Crippen molar-refractivity contribution in [1.82, 2.24) is 5.32 Å². The third-order valence-electron chi connectivity index (χ3n) is 1.03. The van der Waals surface area contributed by atoms with Crippen molar-refractivity contribution < 1.29 is 13.2 Å².